The lowest BCUT2D eigenvalue weighted by atomic mass is 9.97. The number of likely N-dealkylation sites (tertiary alicyclic amines) is 1. The molecule has 9 heteroatoms. The van der Waals surface area contributed by atoms with Gasteiger partial charge in [0.25, 0.3) is 5.56 Å². The summed E-state index contributed by atoms with van der Waals surface area (Å²) in [7, 11) is 0. The van der Waals surface area contributed by atoms with Crippen LogP contribution in [-0.2, 0) is 16.0 Å². The Morgan fingerprint density at radius 1 is 1.12 bits per heavy atom. The van der Waals surface area contributed by atoms with Gasteiger partial charge in [0.05, 0.1) is 32.7 Å². The molecule has 2 aromatic heterocycles. The molecule has 1 fully saturated rings. The number of aromatic amines is 1. The van der Waals surface area contributed by atoms with Crippen LogP contribution in [0, 0.1) is 0 Å². The number of benzene rings is 2. The van der Waals surface area contributed by atoms with Gasteiger partial charge in [-0.1, -0.05) is 30.3 Å². The molecular weight excluding hydrogens is 450 g/mol. The number of thiazole rings is 1. The van der Waals surface area contributed by atoms with Gasteiger partial charge >= 0.3 is 0 Å². The number of hydrogen-bond acceptors (Lipinski definition) is 6. The molecule has 8 nitrogen and oxygen atoms in total. The smallest absolute Gasteiger partial charge is 0.272 e. The second kappa shape index (κ2) is 9.34. The van der Waals surface area contributed by atoms with Crippen LogP contribution in [0.3, 0.4) is 0 Å². The van der Waals surface area contributed by atoms with Crippen LogP contribution in [0.15, 0.2) is 53.3 Å². The highest BCUT2D eigenvalue weighted by Gasteiger charge is 2.29. The van der Waals surface area contributed by atoms with E-state index in [9.17, 15) is 14.4 Å². The monoisotopic (exact) mass is 475 g/mol. The van der Waals surface area contributed by atoms with Crippen molar-refractivity contribution >= 4 is 44.1 Å². The lowest BCUT2D eigenvalue weighted by Crippen LogP contribution is -2.49. The van der Waals surface area contributed by atoms with Crippen LogP contribution >= 0.6 is 11.3 Å². The fraction of sp³-hybridized carbons (Fsp3) is 0.320. The van der Waals surface area contributed by atoms with E-state index in [4.69, 9.17) is 4.98 Å². The van der Waals surface area contributed by atoms with Crippen LogP contribution in [0.5, 0.6) is 0 Å². The number of rotatable bonds is 5. The van der Waals surface area contributed by atoms with E-state index in [0.717, 1.165) is 23.4 Å². The van der Waals surface area contributed by atoms with E-state index >= 15 is 0 Å². The molecule has 3 heterocycles. The predicted octanol–water partition coefficient (Wildman–Crippen LogP) is 2.99. The number of carbonyl (C=O) groups excluding carboxylic acids is 2. The number of amides is 2. The molecule has 1 atom stereocenters. The summed E-state index contributed by atoms with van der Waals surface area (Å²) < 4.78 is 1.19. The maximum atomic E-state index is 13.0. The number of carbonyl (C=O) groups is 2. The maximum Gasteiger partial charge on any atom is 0.272 e. The molecule has 0 aliphatic carbocycles. The minimum Gasteiger partial charge on any atom is -0.344 e. The van der Waals surface area contributed by atoms with Gasteiger partial charge in [-0.3, -0.25) is 14.4 Å². The van der Waals surface area contributed by atoms with Crippen molar-refractivity contribution in [2.45, 2.75) is 38.1 Å². The first-order valence-electron chi connectivity index (χ1n) is 11.4. The van der Waals surface area contributed by atoms with E-state index in [0.29, 0.717) is 35.5 Å². The molecule has 174 valence electrons. The highest BCUT2D eigenvalue weighted by Crippen LogP contribution is 2.33. The highest BCUT2D eigenvalue weighted by molar-refractivity contribution is 7.18. The van der Waals surface area contributed by atoms with Crippen molar-refractivity contribution in [3.63, 3.8) is 0 Å². The van der Waals surface area contributed by atoms with Crippen molar-refractivity contribution < 1.29 is 9.59 Å². The number of piperidine rings is 1. The van der Waals surface area contributed by atoms with E-state index in [2.05, 4.69) is 21.6 Å². The summed E-state index contributed by atoms with van der Waals surface area (Å²) >= 11 is 1.73. The topological polar surface area (TPSA) is 108 Å². The van der Waals surface area contributed by atoms with Crippen molar-refractivity contribution in [2.75, 3.05) is 13.1 Å². The summed E-state index contributed by atoms with van der Waals surface area (Å²) in [5.41, 5.74) is 1.21. The van der Waals surface area contributed by atoms with Gasteiger partial charge in [0.1, 0.15) is 6.04 Å². The van der Waals surface area contributed by atoms with Crippen LogP contribution in [0.25, 0.3) is 21.0 Å². The zero-order valence-corrected chi connectivity index (χ0v) is 19.6. The number of nitrogens with one attached hydrogen (secondary N) is 2. The first-order valence-corrected chi connectivity index (χ1v) is 12.2. The lowest BCUT2D eigenvalue weighted by Gasteiger charge is -2.33. The largest absolute Gasteiger partial charge is 0.344 e. The van der Waals surface area contributed by atoms with Gasteiger partial charge in [-0.2, -0.15) is 5.10 Å². The molecule has 0 spiro atoms. The number of fused-ring (bicyclic) bond motifs is 2. The van der Waals surface area contributed by atoms with Crippen molar-refractivity contribution in [3.05, 3.63) is 69.6 Å². The van der Waals surface area contributed by atoms with E-state index in [1.807, 2.05) is 23.1 Å². The second-order valence-corrected chi connectivity index (χ2v) is 9.69. The van der Waals surface area contributed by atoms with Gasteiger partial charge in [0.15, 0.2) is 0 Å². The molecule has 5 rings (SSSR count). The molecule has 2 aromatic carbocycles. The fourth-order valence-corrected chi connectivity index (χ4v) is 5.63. The quantitative estimate of drug-likeness (QED) is 0.461. The third-order valence-electron chi connectivity index (χ3n) is 6.32. The molecule has 0 bridgehead atoms. The Kier molecular flexibility index (Phi) is 6.10. The zero-order valence-electron chi connectivity index (χ0n) is 18.8. The van der Waals surface area contributed by atoms with Crippen molar-refractivity contribution in [2.24, 2.45) is 0 Å². The average Bonchev–Trinajstić information content (AvgIpc) is 3.30. The molecule has 1 aliphatic rings. The van der Waals surface area contributed by atoms with Gasteiger partial charge < -0.3 is 10.2 Å². The van der Waals surface area contributed by atoms with Crippen LogP contribution < -0.4 is 10.9 Å². The molecule has 34 heavy (non-hydrogen) atoms. The zero-order chi connectivity index (χ0) is 23.7. The minimum atomic E-state index is -0.638. The Morgan fingerprint density at radius 3 is 2.59 bits per heavy atom. The van der Waals surface area contributed by atoms with Gasteiger partial charge in [-0.15, -0.1) is 11.3 Å². The van der Waals surface area contributed by atoms with E-state index in [-0.39, 0.29) is 23.8 Å². The van der Waals surface area contributed by atoms with Crippen LogP contribution in [0.4, 0.5) is 0 Å². The highest BCUT2D eigenvalue weighted by atomic mass is 32.1. The Balaban J connectivity index is 1.18. The van der Waals surface area contributed by atoms with Crippen LogP contribution in [0.2, 0.25) is 0 Å². The summed E-state index contributed by atoms with van der Waals surface area (Å²) in [6.45, 7) is 3.00. The molecule has 2 amide bonds. The second-order valence-electron chi connectivity index (χ2n) is 8.63. The van der Waals surface area contributed by atoms with E-state index < -0.39 is 6.04 Å². The average molecular weight is 476 g/mol. The third kappa shape index (κ3) is 4.43. The van der Waals surface area contributed by atoms with E-state index in [1.54, 1.807) is 42.5 Å². The number of nitrogens with zero attached hydrogens (tertiary/aromatic N) is 3. The summed E-state index contributed by atoms with van der Waals surface area (Å²) in [5.74, 6) is -0.0451. The first-order chi connectivity index (χ1) is 16.5. The molecule has 0 unspecified atom stereocenters. The van der Waals surface area contributed by atoms with Crippen molar-refractivity contribution in [3.8, 4) is 0 Å². The number of hydrogen-bond donors (Lipinski definition) is 2. The lowest BCUT2D eigenvalue weighted by molar-refractivity contribution is -0.136. The first kappa shape index (κ1) is 22.2. The fourth-order valence-electron chi connectivity index (χ4n) is 4.50. The normalized spacial score (nSPS) is 15.5. The van der Waals surface area contributed by atoms with Gasteiger partial charge in [-0.25, -0.2) is 10.1 Å². The Hall–Kier alpha value is -3.59. The molecule has 0 saturated carbocycles. The summed E-state index contributed by atoms with van der Waals surface area (Å²) in [6, 6.07) is 14.5. The predicted molar refractivity (Wildman–Crippen MR) is 132 cm³/mol. The molecule has 1 aliphatic heterocycles. The number of para-hydroxylation sites is 1. The summed E-state index contributed by atoms with van der Waals surface area (Å²) in [4.78, 5) is 44.1. The molecule has 2 N–H and O–H groups in total. The molecule has 1 saturated heterocycles. The van der Waals surface area contributed by atoms with Crippen LogP contribution in [-0.4, -0.2) is 51.0 Å². The summed E-state index contributed by atoms with van der Waals surface area (Å²) in [5, 5.41) is 11.5. The standard InChI is InChI=1S/C25H25N5O3S/c1-15(26-22(31)14-20-17-6-2-3-7-18(17)23(32)29-28-20)25(33)30-12-10-16(11-13-30)24-27-19-8-4-5-9-21(19)34-24/h2-9,15-16H,10-14H2,1H3,(H,26,31)(H,29,32)/t15-/m0/s1. The van der Waals surface area contributed by atoms with Gasteiger partial charge in [-0.05, 0) is 38.0 Å². The molecule has 0 radical (unpaired) electrons. The maximum absolute atomic E-state index is 13.0. The van der Waals surface area contributed by atoms with Gasteiger partial charge in [0, 0.05) is 24.4 Å². The minimum absolute atomic E-state index is 0.0193. The Bertz CT molecular complexity index is 1390. The van der Waals surface area contributed by atoms with E-state index in [1.165, 1.54) is 4.70 Å². The third-order valence-corrected chi connectivity index (χ3v) is 7.52. The Morgan fingerprint density at radius 2 is 1.82 bits per heavy atom. The summed E-state index contributed by atoms with van der Waals surface area (Å²) in [6.07, 6.45) is 1.70. The SMILES string of the molecule is C[C@H](NC(=O)Cc1n[nH]c(=O)c2ccccc12)C(=O)N1CCC(c2nc3ccccc3s2)CC1. The van der Waals surface area contributed by atoms with Crippen LogP contribution in [0.1, 0.15) is 36.4 Å². The Labute approximate surface area is 200 Å². The van der Waals surface area contributed by atoms with Gasteiger partial charge in [0.2, 0.25) is 11.8 Å². The number of aromatic nitrogens is 3. The van der Waals surface area contributed by atoms with Crippen molar-refractivity contribution in [1.29, 1.82) is 0 Å². The molecule has 4 aromatic rings. The number of H-pyrrole nitrogens is 1. The van der Waals surface area contributed by atoms with Crippen molar-refractivity contribution in [1.82, 2.24) is 25.4 Å². The molecular formula is C25H25N5O3S.